The molecule has 0 saturated carbocycles. The van der Waals surface area contributed by atoms with Gasteiger partial charge in [-0.3, -0.25) is 4.79 Å². The number of hydrogen-bond acceptors (Lipinski definition) is 6. The molecule has 0 atom stereocenters. The second kappa shape index (κ2) is 8.03. The molecular weight excluding hydrogens is 338 g/mol. The fourth-order valence-corrected chi connectivity index (χ4v) is 2.29. The van der Waals surface area contributed by atoms with Gasteiger partial charge in [0.2, 0.25) is 0 Å². The van der Waals surface area contributed by atoms with E-state index in [9.17, 15) is 14.4 Å². The molecule has 1 amide bonds. The zero-order valence-corrected chi connectivity index (χ0v) is 15.4. The Morgan fingerprint density at radius 1 is 1.19 bits per heavy atom. The summed E-state index contributed by atoms with van der Waals surface area (Å²) in [6, 6.07) is 6.30. The lowest BCUT2D eigenvalue weighted by molar-refractivity contribution is -0.134. The van der Waals surface area contributed by atoms with Crippen molar-refractivity contribution >= 4 is 23.0 Å². The Hall–Kier alpha value is -2.83. The summed E-state index contributed by atoms with van der Waals surface area (Å²) < 4.78 is 15.5. The fourth-order valence-electron chi connectivity index (χ4n) is 2.29. The lowest BCUT2D eigenvalue weighted by atomic mass is 10.1. The van der Waals surface area contributed by atoms with Gasteiger partial charge in [-0.25, -0.2) is 9.59 Å². The van der Waals surface area contributed by atoms with Gasteiger partial charge in [-0.1, -0.05) is 0 Å². The summed E-state index contributed by atoms with van der Waals surface area (Å²) in [6.45, 7) is 7.43. The van der Waals surface area contributed by atoms with Gasteiger partial charge in [0, 0.05) is 30.5 Å². The molecule has 1 N–H and O–H groups in total. The molecule has 1 aromatic carbocycles. The average Bonchev–Trinajstić information content (AvgIpc) is 2.49. The Morgan fingerprint density at radius 3 is 2.62 bits per heavy atom. The van der Waals surface area contributed by atoms with Crippen LogP contribution in [0.1, 0.15) is 39.2 Å². The number of hydrogen-bond donors (Lipinski definition) is 1. The van der Waals surface area contributed by atoms with Crippen LogP contribution in [0.2, 0.25) is 0 Å². The SMILES string of the molecule is Cc1cc(=O)oc2cc(OC(=O)CCCNC(=O)OC(C)(C)C)ccc12. The second-order valence-corrected chi connectivity index (χ2v) is 6.91. The summed E-state index contributed by atoms with van der Waals surface area (Å²) >= 11 is 0. The highest BCUT2D eigenvalue weighted by Crippen LogP contribution is 2.22. The maximum atomic E-state index is 11.9. The van der Waals surface area contributed by atoms with Gasteiger partial charge in [-0.2, -0.15) is 0 Å². The van der Waals surface area contributed by atoms with Crippen molar-refractivity contribution in [2.24, 2.45) is 0 Å². The summed E-state index contributed by atoms with van der Waals surface area (Å²) in [5.41, 5.74) is 0.146. The van der Waals surface area contributed by atoms with Crippen LogP contribution in [-0.2, 0) is 9.53 Å². The predicted octanol–water partition coefficient (Wildman–Crippen LogP) is 3.31. The summed E-state index contributed by atoms with van der Waals surface area (Å²) in [7, 11) is 0. The van der Waals surface area contributed by atoms with Crippen LogP contribution in [0, 0.1) is 6.92 Å². The number of carbonyl (C=O) groups excluding carboxylic acids is 2. The van der Waals surface area contributed by atoms with E-state index in [1.165, 1.54) is 12.1 Å². The quantitative estimate of drug-likeness (QED) is 0.380. The largest absolute Gasteiger partial charge is 0.444 e. The van der Waals surface area contributed by atoms with Crippen LogP contribution in [0.4, 0.5) is 4.79 Å². The van der Waals surface area contributed by atoms with Crippen molar-refractivity contribution in [3.8, 4) is 5.75 Å². The van der Waals surface area contributed by atoms with E-state index in [0.29, 0.717) is 24.3 Å². The number of nitrogens with one attached hydrogen (secondary N) is 1. The first-order valence-electron chi connectivity index (χ1n) is 8.36. The van der Waals surface area contributed by atoms with Crippen LogP contribution in [0.3, 0.4) is 0 Å². The smallest absolute Gasteiger partial charge is 0.407 e. The van der Waals surface area contributed by atoms with Crippen molar-refractivity contribution in [1.82, 2.24) is 5.32 Å². The van der Waals surface area contributed by atoms with Crippen LogP contribution in [0.25, 0.3) is 11.0 Å². The predicted molar refractivity (Wildman–Crippen MR) is 96.3 cm³/mol. The highest BCUT2D eigenvalue weighted by Gasteiger charge is 2.15. The topological polar surface area (TPSA) is 94.8 Å². The van der Waals surface area contributed by atoms with Gasteiger partial charge in [0.1, 0.15) is 16.9 Å². The van der Waals surface area contributed by atoms with Crippen LogP contribution in [-0.4, -0.2) is 24.2 Å². The second-order valence-electron chi connectivity index (χ2n) is 6.91. The van der Waals surface area contributed by atoms with Gasteiger partial charge in [0.25, 0.3) is 0 Å². The van der Waals surface area contributed by atoms with Crippen molar-refractivity contribution in [3.63, 3.8) is 0 Å². The van der Waals surface area contributed by atoms with E-state index in [0.717, 1.165) is 10.9 Å². The van der Waals surface area contributed by atoms with E-state index in [1.807, 2.05) is 6.92 Å². The molecule has 0 spiro atoms. The number of aryl methyl sites for hydroxylation is 1. The Kier molecular flexibility index (Phi) is 6.02. The van der Waals surface area contributed by atoms with Crippen LogP contribution in [0.15, 0.2) is 33.5 Å². The zero-order valence-electron chi connectivity index (χ0n) is 15.4. The van der Waals surface area contributed by atoms with Gasteiger partial charge in [0.15, 0.2) is 0 Å². The fraction of sp³-hybridized carbons (Fsp3) is 0.421. The number of alkyl carbamates (subject to hydrolysis) is 1. The van der Waals surface area contributed by atoms with E-state index in [1.54, 1.807) is 32.9 Å². The summed E-state index contributed by atoms with van der Waals surface area (Å²) in [6.07, 6.45) is 0.0247. The lowest BCUT2D eigenvalue weighted by Gasteiger charge is -2.19. The first-order chi connectivity index (χ1) is 12.1. The Balaban J connectivity index is 1.84. The highest BCUT2D eigenvalue weighted by molar-refractivity contribution is 5.82. The highest BCUT2D eigenvalue weighted by atomic mass is 16.6. The minimum atomic E-state index is -0.563. The molecule has 0 bridgehead atoms. The van der Waals surface area contributed by atoms with Gasteiger partial charge in [0.05, 0.1) is 0 Å². The van der Waals surface area contributed by atoms with Gasteiger partial charge < -0.3 is 19.2 Å². The van der Waals surface area contributed by atoms with Crippen LogP contribution < -0.4 is 15.7 Å². The first-order valence-corrected chi connectivity index (χ1v) is 8.36. The zero-order chi connectivity index (χ0) is 19.3. The van der Waals surface area contributed by atoms with Crippen molar-refractivity contribution in [3.05, 3.63) is 40.2 Å². The number of rotatable bonds is 5. The summed E-state index contributed by atoms with van der Waals surface area (Å²) in [5.74, 6) is -0.137. The van der Waals surface area contributed by atoms with E-state index in [-0.39, 0.29) is 6.42 Å². The van der Waals surface area contributed by atoms with Crippen molar-refractivity contribution in [1.29, 1.82) is 0 Å². The van der Waals surface area contributed by atoms with Crippen molar-refractivity contribution in [2.45, 2.75) is 46.1 Å². The first kappa shape index (κ1) is 19.5. The summed E-state index contributed by atoms with van der Waals surface area (Å²) in [4.78, 5) is 34.8. The van der Waals surface area contributed by atoms with Gasteiger partial charge >= 0.3 is 17.7 Å². The number of fused-ring (bicyclic) bond motifs is 1. The lowest BCUT2D eigenvalue weighted by Crippen LogP contribution is -2.33. The van der Waals surface area contributed by atoms with E-state index >= 15 is 0 Å². The number of esters is 1. The molecule has 0 radical (unpaired) electrons. The Labute approximate surface area is 151 Å². The molecule has 0 aliphatic rings. The van der Waals surface area contributed by atoms with Crippen molar-refractivity contribution in [2.75, 3.05) is 6.54 Å². The van der Waals surface area contributed by atoms with Crippen LogP contribution in [0.5, 0.6) is 5.75 Å². The molecule has 2 aromatic rings. The van der Waals surface area contributed by atoms with Crippen LogP contribution >= 0.6 is 0 Å². The minimum absolute atomic E-state index is 0.131. The third kappa shape index (κ3) is 5.91. The normalized spacial score (nSPS) is 11.2. The van der Waals surface area contributed by atoms with E-state index in [4.69, 9.17) is 13.9 Å². The molecule has 7 heteroatoms. The molecule has 0 aliphatic carbocycles. The van der Waals surface area contributed by atoms with Gasteiger partial charge in [-0.05, 0) is 51.8 Å². The maximum Gasteiger partial charge on any atom is 0.407 e. The molecule has 140 valence electrons. The third-order valence-electron chi connectivity index (χ3n) is 3.38. The third-order valence-corrected chi connectivity index (χ3v) is 3.38. The molecule has 1 aromatic heterocycles. The average molecular weight is 361 g/mol. The molecule has 0 saturated heterocycles. The number of benzene rings is 1. The minimum Gasteiger partial charge on any atom is -0.444 e. The molecule has 2 rings (SSSR count). The molecule has 26 heavy (non-hydrogen) atoms. The molecule has 7 nitrogen and oxygen atoms in total. The molecule has 1 heterocycles. The standard InChI is InChI=1S/C19H23NO6/c1-12-10-17(22)25-15-11-13(7-8-14(12)15)24-16(21)6-5-9-20-18(23)26-19(2,3)4/h7-8,10-11H,5-6,9H2,1-4H3,(H,20,23). The van der Waals surface area contributed by atoms with E-state index < -0.39 is 23.3 Å². The molecule has 0 aliphatic heterocycles. The molecule has 0 fully saturated rings. The van der Waals surface area contributed by atoms with E-state index in [2.05, 4.69) is 5.32 Å². The number of amides is 1. The maximum absolute atomic E-state index is 11.9. The van der Waals surface area contributed by atoms with Crippen molar-refractivity contribution < 1.29 is 23.5 Å². The monoisotopic (exact) mass is 361 g/mol. The summed E-state index contributed by atoms with van der Waals surface area (Å²) in [5, 5.41) is 3.36. The van der Waals surface area contributed by atoms with Gasteiger partial charge in [-0.15, -0.1) is 0 Å². The number of ether oxygens (including phenoxy) is 2. The molecular formula is C19H23NO6. The number of carbonyl (C=O) groups is 2. The Bertz CT molecular complexity index is 862. The Morgan fingerprint density at radius 2 is 1.92 bits per heavy atom. The molecule has 0 unspecified atom stereocenters.